The fourth-order valence-electron chi connectivity index (χ4n) is 5.55. The van der Waals surface area contributed by atoms with Crippen LogP contribution < -0.4 is 5.32 Å². The van der Waals surface area contributed by atoms with Crippen LogP contribution in [0.4, 0.5) is 5.69 Å². The standard InChI is InChI=1S/C34H39N5O/c1-24(2)22-39-18-5-4-7-29(23-39)26-11-13-31(14-12-26)37-34(40)27-10-9-25(3)30(19-27)20-33-36-17-15-32(38-33)28-8-6-16-35-21-28/h6,8-17,19,21,24,29H,4-5,7,18,20,22-23H2,1-3H3,(H,37,40). The Morgan fingerprint density at radius 3 is 2.67 bits per heavy atom. The monoisotopic (exact) mass is 533 g/mol. The molecule has 1 N–H and O–H groups in total. The fourth-order valence-corrected chi connectivity index (χ4v) is 5.55. The molecule has 3 heterocycles. The van der Waals surface area contributed by atoms with Crippen LogP contribution in [-0.4, -0.2) is 45.4 Å². The smallest absolute Gasteiger partial charge is 0.255 e. The van der Waals surface area contributed by atoms with Gasteiger partial charge >= 0.3 is 0 Å². The molecule has 6 nitrogen and oxygen atoms in total. The largest absolute Gasteiger partial charge is 0.322 e. The van der Waals surface area contributed by atoms with E-state index in [0.29, 0.717) is 29.6 Å². The first-order valence-electron chi connectivity index (χ1n) is 14.4. The molecule has 2 aromatic heterocycles. The van der Waals surface area contributed by atoms with Crippen LogP contribution in [0, 0.1) is 12.8 Å². The maximum absolute atomic E-state index is 13.2. The van der Waals surface area contributed by atoms with Gasteiger partial charge in [-0.15, -0.1) is 0 Å². The third-order valence-corrected chi connectivity index (χ3v) is 7.64. The van der Waals surface area contributed by atoms with Gasteiger partial charge in [-0.2, -0.15) is 0 Å². The lowest BCUT2D eigenvalue weighted by atomic mass is 9.94. The zero-order chi connectivity index (χ0) is 27.9. The Morgan fingerprint density at radius 2 is 1.90 bits per heavy atom. The second-order valence-electron chi connectivity index (χ2n) is 11.3. The summed E-state index contributed by atoms with van der Waals surface area (Å²) in [5.41, 5.74) is 6.73. The predicted octanol–water partition coefficient (Wildman–Crippen LogP) is 6.92. The number of rotatable bonds is 8. The zero-order valence-electron chi connectivity index (χ0n) is 23.8. The molecular weight excluding hydrogens is 494 g/mol. The second-order valence-corrected chi connectivity index (χ2v) is 11.3. The maximum Gasteiger partial charge on any atom is 0.255 e. The summed E-state index contributed by atoms with van der Waals surface area (Å²) in [6, 6.07) is 20.1. The first-order chi connectivity index (χ1) is 19.4. The number of nitrogens with zero attached hydrogens (tertiary/aromatic N) is 4. The van der Waals surface area contributed by atoms with Gasteiger partial charge in [-0.25, -0.2) is 9.97 Å². The first-order valence-corrected chi connectivity index (χ1v) is 14.4. The van der Waals surface area contributed by atoms with Crippen molar-refractivity contribution in [3.63, 3.8) is 0 Å². The third-order valence-electron chi connectivity index (χ3n) is 7.64. The minimum Gasteiger partial charge on any atom is -0.322 e. The van der Waals surface area contributed by atoms with E-state index in [9.17, 15) is 4.79 Å². The molecule has 0 aliphatic carbocycles. The topological polar surface area (TPSA) is 71.0 Å². The molecule has 1 atom stereocenters. The van der Waals surface area contributed by atoms with Gasteiger partial charge in [0.2, 0.25) is 0 Å². The summed E-state index contributed by atoms with van der Waals surface area (Å²) in [6.07, 6.45) is 9.64. The molecule has 4 aromatic rings. The average Bonchev–Trinajstić information content (AvgIpc) is 3.20. The van der Waals surface area contributed by atoms with Crippen LogP contribution in [0.15, 0.2) is 79.3 Å². The summed E-state index contributed by atoms with van der Waals surface area (Å²) >= 11 is 0. The van der Waals surface area contributed by atoms with E-state index in [0.717, 1.165) is 41.2 Å². The van der Waals surface area contributed by atoms with Gasteiger partial charge in [0, 0.05) is 54.9 Å². The van der Waals surface area contributed by atoms with Gasteiger partial charge in [0.15, 0.2) is 0 Å². The molecule has 6 heteroatoms. The van der Waals surface area contributed by atoms with E-state index in [2.05, 4.69) is 53.1 Å². The van der Waals surface area contributed by atoms with Gasteiger partial charge < -0.3 is 10.2 Å². The molecule has 1 amide bonds. The lowest BCUT2D eigenvalue weighted by Gasteiger charge is -2.26. The molecule has 0 radical (unpaired) electrons. The molecule has 0 bridgehead atoms. The Labute approximate surface area is 237 Å². The van der Waals surface area contributed by atoms with Gasteiger partial charge in [0.05, 0.1) is 5.69 Å². The predicted molar refractivity (Wildman–Crippen MR) is 162 cm³/mol. The van der Waals surface area contributed by atoms with E-state index in [1.165, 1.54) is 31.4 Å². The maximum atomic E-state index is 13.2. The van der Waals surface area contributed by atoms with Crippen LogP contribution in [0.5, 0.6) is 0 Å². The number of nitrogens with one attached hydrogen (secondary N) is 1. The minimum absolute atomic E-state index is 0.114. The Balaban J connectivity index is 1.25. The van der Waals surface area contributed by atoms with Crippen LogP contribution in [-0.2, 0) is 6.42 Å². The van der Waals surface area contributed by atoms with E-state index in [-0.39, 0.29) is 5.91 Å². The van der Waals surface area contributed by atoms with Crippen LogP contribution in [0.1, 0.15) is 71.9 Å². The highest BCUT2D eigenvalue weighted by atomic mass is 16.1. The zero-order valence-corrected chi connectivity index (χ0v) is 23.8. The van der Waals surface area contributed by atoms with E-state index in [4.69, 9.17) is 4.98 Å². The van der Waals surface area contributed by atoms with E-state index < -0.39 is 0 Å². The number of carbonyl (C=O) groups is 1. The molecule has 1 aliphatic rings. The highest BCUT2D eigenvalue weighted by Crippen LogP contribution is 2.28. The van der Waals surface area contributed by atoms with Crippen LogP contribution in [0.2, 0.25) is 0 Å². The first kappa shape index (κ1) is 27.7. The van der Waals surface area contributed by atoms with Crippen LogP contribution in [0.3, 0.4) is 0 Å². The summed E-state index contributed by atoms with van der Waals surface area (Å²) in [6.45, 7) is 10.1. The van der Waals surface area contributed by atoms with Crippen molar-refractivity contribution >= 4 is 11.6 Å². The summed E-state index contributed by atoms with van der Waals surface area (Å²) in [4.78, 5) is 29.2. The third kappa shape index (κ3) is 7.19. The molecule has 0 saturated carbocycles. The minimum atomic E-state index is -0.114. The summed E-state index contributed by atoms with van der Waals surface area (Å²) in [5.74, 6) is 1.83. The molecule has 1 unspecified atom stereocenters. The van der Waals surface area contributed by atoms with Crippen molar-refractivity contribution in [3.05, 3.63) is 107 Å². The van der Waals surface area contributed by atoms with Gasteiger partial charge in [-0.3, -0.25) is 9.78 Å². The number of hydrogen-bond acceptors (Lipinski definition) is 5. The highest BCUT2D eigenvalue weighted by molar-refractivity contribution is 6.04. The van der Waals surface area contributed by atoms with Gasteiger partial charge in [-0.1, -0.05) is 38.5 Å². The number of aromatic nitrogens is 3. The van der Waals surface area contributed by atoms with Crippen molar-refractivity contribution in [2.24, 2.45) is 5.92 Å². The molecule has 0 spiro atoms. The molecule has 206 valence electrons. The summed E-state index contributed by atoms with van der Waals surface area (Å²) < 4.78 is 0. The van der Waals surface area contributed by atoms with Gasteiger partial charge in [0.25, 0.3) is 5.91 Å². The number of benzene rings is 2. The average molecular weight is 534 g/mol. The number of hydrogen-bond donors (Lipinski definition) is 1. The fraction of sp³-hybridized carbons (Fsp3) is 0.353. The van der Waals surface area contributed by atoms with Crippen molar-refractivity contribution in [2.75, 3.05) is 25.0 Å². The number of carbonyl (C=O) groups excluding carboxylic acids is 1. The van der Waals surface area contributed by atoms with E-state index >= 15 is 0 Å². The van der Waals surface area contributed by atoms with Gasteiger partial charge in [-0.05, 0) is 97.3 Å². The van der Waals surface area contributed by atoms with Crippen molar-refractivity contribution in [3.8, 4) is 11.3 Å². The lowest BCUT2D eigenvalue weighted by molar-refractivity contribution is 0.102. The number of aryl methyl sites for hydroxylation is 1. The Morgan fingerprint density at radius 1 is 1.05 bits per heavy atom. The molecule has 1 aliphatic heterocycles. The molecule has 1 fully saturated rings. The quantitative estimate of drug-likeness (QED) is 0.266. The molecule has 2 aromatic carbocycles. The Bertz CT molecular complexity index is 1420. The number of amides is 1. The molecule has 40 heavy (non-hydrogen) atoms. The SMILES string of the molecule is Cc1ccc(C(=O)Nc2ccc(C3CCCCN(CC(C)C)C3)cc2)cc1Cc1nccc(-c2cccnc2)n1. The van der Waals surface area contributed by atoms with Crippen molar-refractivity contribution in [1.29, 1.82) is 0 Å². The van der Waals surface area contributed by atoms with Crippen molar-refractivity contribution < 1.29 is 4.79 Å². The number of likely N-dealkylation sites (tertiary alicyclic amines) is 1. The highest BCUT2D eigenvalue weighted by Gasteiger charge is 2.20. The molecule has 1 saturated heterocycles. The van der Waals surface area contributed by atoms with Crippen LogP contribution in [0.25, 0.3) is 11.3 Å². The lowest BCUT2D eigenvalue weighted by Crippen LogP contribution is -2.31. The number of anilines is 1. The Hall–Kier alpha value is -3.90. The van der Waals surface area contributed by atoms with Crippen molar-refractivity contribution in [2.45, 2.75) is 52.4 Å². The van der Waals surface area contributed by atoms with Gasteiger partial charge in [0.1, 0.15) is 5.82 Å². The second kappa shape index (κ2) is 13.0. The summed E-state index contributed by atoms with van der Waals surface area (Å²) in [7, 11) is 0. The van der Waals surface area contributed by atoms with Crippen molar-refractivity contribution in [1.82, 2.24) is 19.9 Å². The van der Waals surface area contributed by atoms with E-state index in [1.54, 1.807) is 18.6 Å². The Kier molecular flexibility index (Phi) is 8.97. The van der Waals surface area contributed by atoms with E-state index in [1.807, 2.05) is 48.5 Å². The normalized spacial score (nSPS) is 16.1. The molecular formula is C34H39N5O. The molecule has 5 rings (SSSR count). The number of pyridine rings is 1. The van der Waals surface area contributed by atoms with Crippen LogP contribution >= 0.6 is 0 Å². The summed E-state index contributed by atoms with van der Waals surface area (Å²) in [5, 5.41) is 3.09.